The first-order chi connectivity index (χ1) is 12.7. The van der Waals surface area contributed by atoms with Gasteiger partial charge < -0.3 is 19.7 Å². The number of rotatable bonds is 7. The quantitative estimate of drug-likeness (QED) is 0.804. The zero-order chi connectivity index (χ0) is 18.4. The summed E-state index contributed by atoms with van der Waals surface area (Å²) in [6, 6.07) is 7.74. The van der Waals surface area contributed by atoms with E-state index in [0.717, 1.165) is 40.6 Å². The first-order valence-electron chi connectivity index (χ1n) is 8.93. The molecule has 2 amide bonds. The van der Waals surface area contributed by atoms with Crippen LogP contribution in [0.15, 0.2) is 30.5 Å². The average molecular weight is 375 g/mol. The number of carbonyl (C=O) groups excluding carboxylic acids is 1. The monoisotopic (exact) mass is 375 g/mol. The Morgan fingerprint density at radius 2 is 2.31 bits per heavy atom. The molecule has 1 fully saturated rings. The van der Waals surface area contributed by atoms with Gasteiger partial charge in [0, 0.05) is 30.8 Å². The van der Waals surface area contributed by atoms with Gasteiger partial charge in [-0.1, -0.05) is 12.1 Å². The third kappa shape index (κ3) is 4.53. The Morgan fingerprint density at radius 1 is 1.46 bits per heavy atom. The zero-order valence-electron chi connectivity index (χ0n) is 15.2. The van der Waals surface area contributed by atoms with Gasteiger partial charge in [0.1, 0.15) is 10.8 Å². The highest BCUT2D eigenvalue weighted by atomic mass is 32.1. The van der Waals surface area contributed by atoms with Crippen molar-refractivity contribution in [3.8, 4) is 16.3 Å². The van der Waals surface area contributed by atoms with Crippen molar-refractivity contribution in [1.82, 2.24) is 15.2 Å². The van der Waals surface area contributed by atoms with Gasteiger partial charge >= 0.3 is 6.03 Å². The standard InChI is InChI=1S/C19H25N3O3S/c1-3-22(13-14-7-6-10-25-14)19(23)21-12-15-11-20-18(26-15)16-8-4-5-9-17(16)24-2/h4-5,8-9,11,14H,3,6-7,10,12-13H2,1-2H3,(H,21,23)/t14-/m1/s1. The van der Waals surface area contributed by atoms with Crippen LogP contribution in [0.3, 0.4) is 0 Å². The number of thiazole rings is 1. The molecule has 1 saturated heterocycles. The second kappa shape index (κ2) is 9.00. The molecule has 6 nitrogen and oxygen atoms in total. The molecule has 0 unspecified atom stereocenters. The Kier molecular flexibility index (Phi) is 6.46. The summed E-state index contributed by atoms with van der Waals surface area (Å²) in [6.07, 6.45) is 4.08. The van der Waals surface area contributed by atoms with Gasteiger partial charge in [0.2, 0.25) is 0 Å². The molecule has 1 aliphatic heterocycles. The lowest BCUT2D eigenvalue weighted by molar-refractivity contribution is 0.0826. The smallest absolute Gasteiger partial charge is 0.317 e. The Hall–Kier alpha value is -2.12. The van der Waals surface area contributed by atoms with Crippen LogP contribution in [0, 0.1) is 0 Å². The first kappa shape index (κ1) is 18.7. The van der Waals surface area contributed by atoms with E-state index in [4.69, 9.17) is 9.47 Å². The molecule has 26 heavy (non-hydrogen) atoms. The van der Waals surface area contributed by atoms with Crippen molar-refractivity contribution in [3.63, 3.8) is 0 Å². The summed E-state index contributed by atoms with van der Waals surface area (Å²) in [4.78, 5) is 19.7. The molecule has 0 bridgehead atoms. The summed E-state index contributed by atoms with van der Waals surface area (Å²) in [5.41, 5.74) is 0.964. The fraction of sp³-hybridized carbons (Fsp3) is 0.474. The number of benzene rings is 1. The molecule has 1 N–H and O–H groups in total. The summed E-state index contributed by atoms with van der Waals surface area (Å²) in [7, 11) is 1.65. The lowest BCUT2D eigenvalue weighted by Gasteiger charge is -2.24. The van der Waals surface area contributed by atoms with Gasteiger partial charge in [0.25, 0.3) is 0 Å². The van der Waals surface area contributed by atoms with Gasteiger partial charge in [-0.3, -0.25) is 0 Å². The van der Waals surface area contributed by atoms with Crippen molar-refractivity contribution in [2.45, 2.75) is 32.4 Å². The number of para-hydroxylation sites is 1. The number of likely N-dealkylation sites (N-methyl/N-ethyl adjacent to an activating group) is 1. The van der Waals surface area contributed by atoms with E-state index in [9.17, 15) is 4.79 Å². The highest BCUT2D eigenvalue weighted by Gasteiger charge is 2.21. The maximum Gasteiger partial charge on any atom is 0.317 e. The van der Waals surface area contributed by atoms with Crippen LogP contribution in [0.1, 0.15) is 24.6 Å². The van der Waals surface area contributed by atoms with Crippen molar-refractivity contribution < 1.29 is 14.3 Å². The largest absolute Gasteiger partial charge is 0.496 e. The van der Waals surface area contributed by atoms with Gasteiger partial charge in [-0.15, -0.1) is 11.3 Å². The van der Waals surface area contributed by atoms with E-state index in [2.05, 4.69) is 10.3 Å². The van der Waals surface area contributed by atoms with Crippen LogP contribution in [0.2, 0.25) is 0 Å². The molecule has 1 atom stereocenters. The van der Waals surface area contributed by atoms with E-state index in [0.29, 0.717) is 19.6 Å². The SMILES string of the molecule is CCN(C[C@H]1CCCO1)C(=O)NCc1cnc(-c2ccccc2OC)s1. The molecular formula is C19H25N3O3S. The van der Waals surface area contributed by atoms with Gasteiger partial charge in [0.05, 0.1) is 25.3 Å². The van der Waals surface area contributed by atoms with E-state index >= 15 is 0 Å². The normalized spacial score (nSPS) is 16.5. The van der Waals surface area contributed by atoms with Gasteiger partial charge in [-0.25, -0.2) is 9.78 Å². The van der Waals surface area contributed by atoms with E-state index in [-0.39, 0.29) is 12.1 Å². The number of amides is 2. The lowest BCUT2D eigenvalue weighted by atomic mass is 10.2. The predicted molar refractivity (Wildman–Crippen MR) is 103 cm³/mol. The average Bonchev–Trinajstić information content (AvgIpc) is 3.36. The molecule has 0 radical (unpaired) electrons. The second-order valence-electron chi connectivity index (χ2n) is 6.16. The van der Waals surface area contributed by atoms with Crippen LogP contribution >= 0.6 is 11.3 Å². The molecule has 3 rings (SSSR count). The molecule has 1 aromatic carbocycles. The van der Waals surface area contributed by atoms with Gasteiger partial charge in [-0.2, -0.15) is 0 Å². The number of nitrogens with zero attached hydrogens (tertiary/aromatic N) is 2. The minimum absolute atomic E-state index is 0.0600. The Labute approximate surface area is 158 Å². The van der Waals surface area contributed by atoms with E-state index in [1.807, 2.05) is 37.4 Å². The lowest BCUT2D eigenvalue weighted by Crippen LogP contribution is -2.43. The molecular weight excluding hydrogens is 350 g/mol. The number of methoxy groups -OCH3 is 1. The van der Waals surface area contributed by atoms with Crippen LogP contribution in [-0.2, 0) is 11.3 Å². The number of urea groups is 1. The number of hydrogen-bond donors (Lipinski definition) is 1. The molecule has 1 aliphatic rings. The molecule has 1 aromatic heterocycles. The number of aromatic nitrogens is 1. The third-order valence-corrected chi connectivity index (χ3v) is 5.45. The highest BCUT2D eigenvalue weighted by Crippen LogP contribution is 2.32. The van der Waals surface area contributed by atoms with Gasteiger partial charge in [0.15, 0.2) is 0 Å². The van der Waals surface area contributed by atoms with Crippen molar-refractivity contribution in [2.24, 2.45) is 0 Å². The van der Waals surface area contributed by atoms with Crippen molar-refractivity contribution in [1.29, 1.82) is 0 Å². The van der Waals surface area contributed by atoms with Crippen LogP contribution < -0.4 is 10.1 Å². The number of ether oxygens (including phenoxy) is 2. The van der Waals surface area contributed by atoms with Crippen LogP contribution in [-0.4, -0.2) is 48.8 Å². The predicted octanol–water partition coefficient (Wildman–Crippen LogP) is 3.53. The minimum Gasteiger partial charge on any atom is -0.496 e. The van der Waals surface area contributed by atoms with Crippen LogP contribution in [0.25, 0.3) is 10.6 Å². The Balaban J connectivity index is 1.57. The molecule has 0 spiro atoms. The fourth-order valence-electron chi connectivity index (χ4n) is 3.00. The molecule has 0 saturated carbocycles. The van der Waals surface area contributed by atoms with Crippen molar-refractivity contribution in [2.75, 3.05) is 26.8 Å². The zero-order valence-corrected chi connectivity index (χ0v) is 16.1. The molecule has 140 valence electrons. The van der Waals surface area contributed by atoms with E-state index in [1.165, 1.54) is 0 Å². The minimum atomic E-state index is -0.0600. The summed E-state index contributed by atoms with van der Waals surface area (Å²) in [5.74, 6) is 0.797. The second-order valence-corrected chi connectivity index (χ2v) is 7.28. The Bertz CT molecular complexity index is 728. The Morgan fingerprint density at radius 3 is 3.04 bits per heavy atom. The van der Waals surface area contributed by atoms with Crippen LogP contribution in [0.5, 0.6) is 5.75 Å². The number of nitrogens with one attached hydrogen (secondary N) is 1. The van der Waals surface area contributed by atoms with Gasteiger partial charge in [-0.05, 0) is 31.9 Å². The summed E-state index contributed by atoms with van der Waals surface area (Å²) in [6.45, 7) is 4.57. The summed E-state index contributed by atoms with van der Waals surface area (Å²) in [5, 5.41) is 3.88. The number of hydrogen-bond acceptors (Lipinski definition) is 5. The summed E-state index contributed by atoms with van der Waals surface area (Å²) >= 11 is 1.56. The number of carbonyl (C=O) groups is 1. The summed E-state index contributed by atoms with van der Waals surface area (Å²) < 4.78 is 11.0. The highest BCUT2D eigenvalue weighted by molar-refractivity contribution is 7.15. The van der Waals surface area contributed by atoms with Crippen molar-refractivity contribution >= 4 is 17.4 Å². The topological polar surface area (TPSA) is 63.7 Å². The molecule has 2 aromatic rings. The maximum absolute atomic E-state index is 12.4. The maximum atomic E-state index is 12.4. The molecule has 2 heterocycles. The van der Waals surface area contributed by atoms with Crippen LogP contribution in [0.4, 0.5) is 4.79 Å². The third-order valence-electron chi connectivity index (χ3n) is 4.42. The van der Waals surface area contributed by atoms with Crippen molar-refractivity contribution in [3.05, 3.63) is 35.3 Å². The molecule has 0 aliphatic carbocycles. The molecule has 7 heteroatoms. The first-order valence-corrected chi connectivity index (χ1v) is 9.75. The van der Waals surface area contributed by atoms with E-state index in [1.54, 1.807) is 23.3 Å². The fourth-order valence-corrected chi connectivity index (χ4v) is 3.88. The van der Waals surface area contributed by atoms with E-state index < -0.39 is 0 Å².